The normalized spacial score (nSPS) is 18.4. The Morgan fingerprint density at radius 2 is 2.05 bits per heavy atom. The highest BCUT2D eigenvalue weighted by molar-refractivity contribution is 5.13. The molecule has 1 aromatic heterocycles. The number of aryl methyl sites for hydroxylation is 2. The summed E-state index contributed by atoms with van der Waals surface area (Å²) in [5, 5.41) is 8.28. The van der Waals surface area contributed by atoms with Crippen LogP contribution in [-0.4, -0.2) is 21.9 Å². The molecule has 1 fully saturated rings. The fourth-order valence-electron chi connectivity index (χ4n) is 2.94. The smallest absolute Gasteiger partial charge is 0.0596 e. The molecule has 0 aromatic carbocycles. The first-order valence-electron chi connectivity index (χ1n) is 7.62. The van der Waals surface area contributed by atoms with Gasteiger partial charge in [-0.1, -0.05) is 6.42 Å². The van der Waals surface area contributed by atoms with E-state index in [0.717, 1.165) is 18.8 Å². The monoisotopic (exact) mass is 263 g/mol. The molecule has 0 saturated heterocycles. The predicted octanol–water partition coefficient (Wildman–Crippen LogP) is 3.31. The van der Waals surface area contributed by atoms with Crippen molar-refractivity contribution in [1.29, 1.82) is 0 Å². The van der Waals surface area contributed by atoms with Crippen molar-refractivity contribution in [3.05, 3.63) is 17.5 Å². The molecular weight excluding hydrogens is 234 g/mol. The molecule has 0 radical (unpaired) electrons. The zero-order chi connectivity index (χ0) is 14.1. The molecule has 2 rings (SSSR count). The van der Waals surface area contributed by atoms with Gasteiger partial charge in [-0.25, -0.2) is 0 Å². The van der Waals surface area contributed by atoms with Crippen LogP contribution in [0.25, 0.3) is 0 Å². The van der Waals surface area contributed by atoms with E-state index < -0.39 is 0 Å². The van der Waals surface area contributed by atoms with Gasteiger partial charge < -0.3 is 5.32 Å². The quantitative estimate of drug-likeness (QED) is 0.883. The highest BCUT2D eigenvalue weighted by atomic mass is 15.3. The molecule has 0 atom stereocenters. The summed E-state index contributed by atoms with van der Waals surface area (Å²) in [5.41, 5.74) is 3.24. The van der Waals surface area contributed by atoms with Crippen molar-refractivity contribution < 1.29 is 0 Å². The Morgan fingerprint density at radius 1 is 1.37 bits per heavy atom. The molecule has 1 aliphatic carbocycles. The second-order valence-corrected chi connectivity index (χ2v) is 7.23. The van der Waals surface area contributed by atoms with E-state index in [2.05, 4.69) is 55.8 Å². The number of nitrogens with zero attached hydrogens (tertiary/aromatic N) is 2. The molecule has 0 aliphatic heterocycles. The molecule has 1 heterocycles. The van der Waals surface area contributed by atoms with E-state index in [4.69, 9.17) is 0 Å². The topological polar surface area (TPSA) is 29.9 Å². The second-order valence-electron chi connectivity index (χ2n) is 7.23. The van der Waals surface area contributed by atoms with Crippen LogP contribution >= 0.6 is 0 Å². The fraction of sp³-hybridized carbons (Fsp3) is 0.812. The van der Waals surface area contributed by atoms with Crippen molar-refractivity contribution in [2.45, 2.75) is 72.4 Å². The van der Waals surface area contributed by atoms with E-state index >= 15 is 0 Å². The third-order valence-electron chi connectivity index (χ3n) is 4.25. The lowest BCUT2D eigenvalue weighted by molar-refractivity contribution is 0.115. The van der Waals surface area contributed by atoms with Crippen LogP contribution in [-0.2, 0) is 13.0 Å². The largest absolute Gasteiger partial charge is 0.312 e. The SMILES string of the molecule is CCn1nc(C)cc1CC1(CNC(C)(C)C)CCC1. The van der Waals surface area contributed by atoms with Crippen molar-refractivity contribution in [3.8, 4) is 0 Å². The summed E-state index contributed by atoms with van der Waals surface area (Å²) >= 11 is 0. The third-order valence-corrected chi connectivity index (χ3v) is 4.25. The van der Waals surface area contributed by atoms with Gasteiger partial charge >= 0.3 is 0 Å². The molecule has 1 N–H and O–H groups in total. The van der Waals surface area contributed by atoms with Crippen LogP contribution in [0.4, 0.5) is 0 Å². The van der Waals surface area contributed by atoms with Crippen LogP contribution in [0.1, 0.15) is 58.3 Å². The van der Waals surface area contributed by atoms with Gasteiger partial charge in [-0.2, -0.15) is 5.10 Å². The van der Waals surface area contributed by atoms with Gasteiger partial charge in [0.05, 0.1) is 5.69 Å². The van der Waals surface area contributed by atoms with Crippen molar-refractivity contribution in [3.63, 3.8) is 0 Å². The first kappa shape index (κ1) is 14.6. The lowest BCUT2D eigenvalue weighted by Crippen LogP contribution is -2.48. The van der Waals surface area contributed by atoms with Crippen molar-refractivity contribution in [1.82, 2.24) is 15.1 Å². The Bertz CT molecular complexity index is 422. The molecule has 0 unspecified atom stereocenters. The molecule has 108 valence electrons. The van der Waals surface area contributed by atoms with E-state index in [1.807, 2.05) is 0 Å². The van der Waals surface area contributed by atoms with Crippen LogP contribution in [0.3, 0.4) is 0 Å². The first-order valence-corrected chi connectivity index (χ1v) is 7.62. The summed E-state index contributed by atoms with van der Waals surface area (Å²) in [7, 11) is 0. The summed E-state index contributed by atoms with van der Waals surface area (Å²) in [5.74, 6) is 0. The summed E-state index contributed by atoms with van der Waals surface area (Å²) < 4.78 is 2.17. The molecule has 0 amide bonds. The Hall–Kier alpha value is -0.830. The maximum atomic E-state index is 4.58. The molecular formula is C16H29N3. The minimum absolute atomic E-state index is 0.212. The summed E-state index contributed by atoms with van der Waals surface area (Å²) in [4.78, 5) is 0. The lowest BCUT2D eigenvalue weighted by Gasteiger charge is -2.44. The number of hydrogen-bond donors (Lipinski definition) is 1. The van der Waals surface area contributed by atoms with Gasteiger partial charge in [-0.05, 0) is 65.4 Å². The molecule has 3 heteroatoms. The third kappa shape index (κ3) is 3.59. The summed E-state index contributed by atoms with van der Waals surface area (Å²) in [6.45, 7) is 13.1. The summed E-state index contributed by atoms with van der Waals surface area (Å²) in [6, 6.07) is 2.26. The number of hydrogen-bond acceptors (Lipinski definition) is 2. The standard InChI is InChI=1S/C16H29N3/c1-6-19-14(10-13(2)18-19)11-16(8-7-9-16)12-17-15(3,4)5/h10,17H,6-9,11-12H2,1-5H3. The van der Waals surface area contributed by atoms with Crippen LogP contribution in [0, 0.1) is 12.3 Å². The zero-order valence-electron chi connectivity index (χ0n) is 13.2. The van der Waals surface area contributed by atoms with E-state index in [0.29, 0.717) is 5.41 Å². The maximum absolute atomic E-state index is 4.58. The molecule has 19 heavy (non-hydrogen) atoms. The summed E-state index contributed by atoms with van der Waals surface area (Å²) in [6.07, 6.45) is 5.25. The second kappa shape index (κ2) is 5.28. The van der Waals surface area contributed by atoms with Crippen molar-refractivity contribution in [2.75, 3.05) is 6.54 Å². The number of rotatable bonds is 5. The zero-order valence-corrected chi connectivity index (χ0v) is 13.2. The van der Waals surface area contributed by atoms with Gasteiger partial charge in [-0.15, -0.1) is 0 Å². The average molecular weight is 263 g/mol. The minimum Gasteiger partial charge on any atom is -0.312 e. The van der Waals surface area contributed by atoms with Gasteiger partial charge in [0, 0.05) is 24.3 Å². The van der Waals surface area contributed by atoms with E-state index in [1.54, 1.807) is 0 Å². The molecule has 0 bridgehead atoms. The molecule has 1 aromatic rings. The van der Waals surface area contributed by atoms with Gasteiger partial charge in [0.25, 0.3) is 0 Å². The average Bonchev–Trinajstić information content (AvgIpc) is 2.61. The lowest BCUT2D eigenvalue weighted by atomic mass is 9.65. The van der Waals surface area contributed by atoms with E-state index in [-0.39, 0.29) is 5.54 Å². The van der Waals surface area contributed by atoms with Gasteiger partial charge in [-0.3, -0.25) is 4.68 Å². The fourth-order valence-corrected chi connectivity index (χ4v) is 2.94. The van der Waals surface area contributed by atoms with Crippen LogP contribution < -0.4 is 5.32 Å². The van der Waals surface area contributed by atoms with E-state index in [1.165, 1.54) is 31.4 Å². The van der Waals surface area contributed by atoms with Crippen LogP contribution in [0.5, 0.6) is 0 Å². The van der Waals surface area contributed by atoms with Crippen molar-refractivity contribution >= 4 is 0 Å². The first-order chi connectivity index (χ1) is 8.84. The van der Waals surface area contributed by atoms with E-state index in [9.17, 15) is 0 Å². The van der Waals surface area contributed by atoms with Crippen LogP contribution in [0.2, 0.25) is 0 Å². The Kier molecular flexibility index (Phi) is 4.05. The maximum Gasteiger partial charge on any atom is 0.0596 e. The Labute approximate surface area is 117 Å². The van der Waals surface area contributed by atoms with Crippen LogP contribution in [0.15, 0.2) is 6.07 Å². The highest BCUT2D eigenvalue weighted by Gasteiger charge is 2.38. The molecule has 1 aliphatic rings. The highest BCUT2D eigenvalue weighted by Crippen LogP contribution is 2.43. The van der Waals surface area contributed by atoms with Gasteiger partial charge in [0.15, 0.2) is 0 Å². The molecule has 3 nitrogen and oxygen atoms in total. The number of nitrogens with one attached hydrogen (secondary N) is 1. The number of aromatic nitrogens is 2. The molecule has 1 saturated carbocycles. The minimum atomic E-state index is 0.212. The van der Waals surface area contributed by atoms with Crippen molar-refractivity contribution in [2.24, 2.45) is 5.41 Å². The van der Waals surface area contributed by atoms with Gasteiger partial charge in [0.1, 0.15) is 0 Å². The Morgan fingerprint density at radius 3 is 2.53 bits per heavy atom. The predicted molar refractivity (Wildman–Crippen MR) is 80.4 cm³/mol. The van der Waals surface area contributed by atoms with Gasteiger partial charge in [0.2, 0.25) is 0 Å². The molecule has 0 spiro atoms. The Balaban J connectivity index is 2.05.